The highest BCUT2D eigenvalue weighted by Crippen LogP contribution is 2.41. The van der Waals surface area contributed by atoms with Gasteiger partial charge in [-0.1, -0.05) is 18.2 Å². The average molecular weight is 419 g/mol. The molecule has 0 radical (unpaired) electrons. The molecular formula is C23H26N6O2. The number of rotatable bonds is 4. The minimum atomic E-state index is -0.600. The molecule has 2 N–H and O–H groups in total. The largest absolute Gasteiger partial charge is 0.341 e. The van der Waals surface area contributed by atoms with E-state index in [1.165, 1.54) is 35.2 Å². The van der Waals surface area contributed by atoms with Crippen LogP contribution in [0.5, 0.6) is 0 Å². The number of hydrogen-bond donors (Lipinski definition) is 2. The molecule has 8 heteroatoms. The molecule has 1 aromatic carbocycles. The number of anilines is 1. The molecule has 0 aliphatic carbocycles. The molecule has 31 heavy (non-hydrogen) atoms. The van der Waals surface area contributed by atoms with Crippen LogP contribution in [-0.2, 0) is 6.54 Å². The Balaban J connectivity index is 1.21. The first-order chi connectivity index (χ1) is 15.2. The second-order valence-electron chi connectivity index (χ2n) is 8.67. The van der Waals surface area contributed by atoms with Crippen LogP contribution in [0, 0.1) is 5.41 Å². The van der Waals surface area contributed by atoms with Crippen molar-refractivity contribution in [3.63, 3.8) is 0 Å². The highest BCUT2D eigenvalue weighted by atomic mass is 16.5. The first-order valence-electron chi connectivity index (χ1n) is 10.7. The van der Waals surface area contributed by atoms with Crippen molar-refractivity contribution in [1.82, 2.24) is 25.3 Å². The van der Waals surface area contributed by atoms with E-state index in [9.17, 15) is 4.79 Å². The fourth-order valence-corrected chi connectivity index (χ4v) is 4.97. The molecule has 1 amide bonds. The maximum Gasteiger partial charge on any atom is 0.277 e. The Bertz CT molecular complexity index is 1070. The molecule has 0 bridgehead atoms. The highest BCUT2D eigenvalue weighted by molar-refractivity contribution is 5.92. The summed E-state index contributed by atoms with van der Waals surface area (Å²) in [6.07, 6.45) is 10.2. The van der Waals surface area contributed by atoms with Gasteiger partial charge in [-0.3, -0.25) is 19.9 Å². The van der Waals surface area contributed by atoms with Gasteiger partial charge in [0.25, 0.3) is 5.91 Å². The number of hydroxylamine groups is 1. The summed E-state index contributed by atoms with van der Waals surface area (Å²) < 4.78 is 0. The number of fused-ring (bicyclic) bond motifs is 1. The molecule has 2 aliphatic rings. The minimum absolute atomic E-state index is 0.245. The van der Waals surface area contributed by atoms with Crippen molar-refractivity contribution < 1.29 is 10.0 Å². The van der Waals surface area contributed by atoms with E-state index in [1.54, 1.807) is 5.48 Å². The lowest BCUT2D eigenvalue weighted by Gasteiger charge is -2.39. The lowest BCUT2D eigenvalue weighted by molar-refractivity contribution is 0.0705. The van der Waals surface area contributed by atoms with Crippen LogP contribution < -0.4 is 10.4 Å². The van der Waals surface area contributed by atoms with Crippen LogP contribution in [-0.4, -0.2) is 57.1 Å². The van der Waals surface area contributed by atoms with E-state index in [2.05, 4.69) is 49.0 Å². The first kappa shape index (κ1) is 19.8. The molecule has 0 saturated carbocycles. The van der Waals surface area contributed by atoms with Gasteiger partial charge in [-0.25, -0.2) is 15.4 Å². The Morgan fingerprint density at radius 1 is 1.06 bits per heavy atom. The average Bonchev–Trinajstić information content (AvgIpc) is 3.21. The molecule has 2 fully saturated rings. The Morgan fingerprint density at radius 2 is 1.84 bits per heavy atom. The second-order valence-corrected chi connectivity index (χ2v) is 8.67. The molecule has 0 atom stereocenters. The topological polar surface area (TPSA) is 94.5 Å². The number of benzene rings is 1. The standard InChI is InChI=1S/C23H26N6O2/c30-21(27-31)19-12-25-22(26-13-19)29-10-6-23(7-11-29)5-9-28(16-23)15-18-3-1-2-17-4-8-24-14-20(17)18/h1-4,8,12-14,31H,5-7,9-11,15-16H2,(H,27,30). The van der Waals surface area contributed by atoms with E-state index in [1.807, 2.05) is 12.4 Å². The van der Waals surface area contributed by atoms with Gasteiger partial charge in [0.15, 0.2) is 0 Å². The van der Waals surface area contributed by atoms with Gasteiger partial charge in [-0.15, -0.1) is 0 Å². The quantitative estimate of drug-likeness (QED) is 0.497. The first-order valence-corrected chi connectivity index (χ1v) is 10.7. The Hall–Kier alpha value is -3.10. The number of carbonyl (C=O) groups is 1. The van der Waals surface area contributed by atoms with Gasteiger partial charge in [0.1, 0.15) is 0 Å². The fraction of sp³-hybridized carbons (Fsp3) is 0.391. The van der Waals surface area contributed by atoms with Crippen LogP contribution >= 0.6 is 0 Å². The van der Waals surface area contributed by atoms with Gasteiger partial charge in [-0.05, 0) is 48.2 Å². The van der Waals surface area contributed by atoms with Crippen molar-refractivity contribution in [2.45, 2.75) is 25.8 Å². The van der Waals surface area contributed by atoms with E-state index >= 15 is 0 Å². The van der Waals surface area contributed by atoms with E-state index in [0.717, 1.165) is 45.6 Å². The maximum absolute atomic E-state index is 11.4. The number of nitrogens with one attached hydrogen (secondary N) is 1. The number of hydrogen-bond acceptors (Lipinski definition) is 7. The molecule has 2 aromatic heterocycles. The summed E-state index contributed by atoms with van der Waals surface area (Å²) in [5.41, 5.74) is 3.55. The number of carbonyl (C=O) groups excluding carboxylic acids is 1. The van der Waals surface area contributed by atoms with Crippen LogP contribution in [0.25, 0.3) is 10.8 Å². The zero-order valence-electron chi connectivity index (χ0n) is 17.4. The van der Waals surface area contributed by atoms with Crippen LogP contribution in [0.3, 0.4) is 0 Å². The van der Waals surface area contributed by atoms with Crippen LogP contribution in [0.2, 0.25) is 0 Å². The van der Waals surface area contributed by atoms with E-state index in [4.69, 9.17) is 5.21 Å². The number of nitrogens with zero attached hydrogens (tertiary/aromatic N) is 5. The summed E-state index contributed by atoms with van der Waals surface area (Å²) in [7, 11) is 0. The fourth-order valence-electron chi connectivity index (χ4n) is 4.97. The Morgan fingerprint density at radius 3 is 2.61 bits per heavy atom. The zero-order chi connectivity index (χ0) is 21.3. The third-order valence-corrected chi connectivity index (χ3v) is 6.79. The smallest absolute Gasteiger partial charge is 0.277 e. The van der Waals surface area contributed by atoms with Gasteiger partial charge in [0.2, 0.25) is 5.95 Å². The van der Waals surface area contributed by atoms with Gasteiger partial charge in [0.05, 0.1) is 5.56 Å². The maximum atomic E-state index is 11.4. The third kappa shape index (κ3) is 3.96. The van der Waals surface area contributed by atoms with Gasteiger partial charge in [0, 0.05) is 56.4 Å². The second kappa shape index (κ2) is 8.20. The Labute approximate surface area is 180 Å². The monoisotopic (exact) mass is 418 g/mol. The third-order valence-electron chi connectivity index (χ3n) is 6.79. The molecule has 2 aliphatic heterocycles. The predicted octanol–water partition coefficient (Wildman–Crippen LogP) is 2.64. The molecule has 160 valence electrons. The molecule has 5 rings (SSSR count). The Kier molecular flexibility index (Phi) is 5.25. The van der Waals surface area contributed by atoms with Gasteiger partial charge < -0.3 is 4.90 Å². The normalized spacial score (nSPS) is 18.5. The lowest BCUT2D eigenvalue weighted by Crippen LogP contribution is -2.42. The molecule has 2 saturated heterocycles. The predicted molar refractivity (Wildman–Crippen MR) is 117 cm³/mol. The van der Waals surface area contributed by atoms with E-state index in [0.29, 0.717) is 11.4 Å². The van der Waals surface area contributed by atoms with Gasteiger partial charge >= 0.3 is 0 Å². The minimum Gasteiger partial charge on any atom is -0.341 e. The van der Waals surface area contributed by atoms with Crippen LogP contribution in [0.15, 0.2) is 49.1 Å². The molecule has 1 spiro atoms. The molecule has 4 heterocycles. The summed E-state index contributed by atoms with van der Waals surface area (Å²) in [6, 6.07) is 8.57. The summed E-state index contributed by atoms with van der Waals surface area (Å²) in [5.74, 6) is 0.0413. The highest BCUT2D eigenvalue weighted by Gasteiger charge is 2.40. The van der Waals surface area contributed by atoms with E-state index < -0.39 is 5.91 Å². The van der Waals surface area contributed by atoms with Gasteiger partial charge in [-0.2, -0.15) is 0 Å². The van der Waals surface area contributed by atoms with Crippen molar-refractivity contribution >= 4 is 22.6 Å². The SMILES string of the molecule is O=C(NO)c1cnc(N2CCC3(CCN(Cc4cccc5ccncc45)C3)CC2)nc1. The van der Waals surface area contributed by atoms with Crippen molar-refractivity contribution in [2.24, 2.45) is 5.41 Å². The van der Waals surface area contributed by atoms with Crippen molar-refractivity contribution in [2.75, 3.05) is 31.1 Å². The number of amides is 1. The summed E-state index contributed by atoms with van der Waals surface area (Å²) in [6.45, 7) is 5.03. The number of piperidine rings is 1. The molecule has 8 nitrogen and oxygen atoms in total. The lowest BCUT2D eigenvalue weighted by atomic mass is 9.78. The van der Waals surface area contributed by atoms with Crippen molar-refractivity contribution in [3.05, 3.63) is 60.2 Å². The molecule has 3 aromatic rings. The number of aromatic nitrogens is 3. The van der Waals surface area contributed by atoms with Crippen LogP contribution in [0.4, 0.5) is 5.95 Å². The number of pyridine rings is 1. The van der Waals surface area contributed by atoms with Crippen molar-refractivity contribution in [3.8, 4) is 0 Å². The van der Waals surface area contributed by atoms with Crippen LogP contribution in [0.1, 0.15) is 35.2 Å². The van der Waals surface area contributed by atoms with Crippen molar-refractivity contribution in [1.29, 1.82) is 0 Å². The zero-order valence-corrected chi connectivity index (χ0v) is 17.4. The number of likely N-dealkylation sites (tertiary alicyclic amines) is 1. The summed E-state index contributed by atoms with van der Waals surface area (Å²) in [5, 5.41) is 11.2. The molecular weight excluding hydrogens is 392 g/mol. The molecule has 0 unspecified atom stereocenters. The summed E-state index contributed by atoms with van der Waals surface area (Å²) >= 11 is 0. The van der Waals surface area contributed by atoms with E-state index in [-0.39, 0.29) is 5.56 Å². The summed E-state index contributed by atoms with van der Waals surface area (Å²) in [4.78, 5) is 29.2.